The normalized spacial score (nSPS) is 19.6. The quantitative estimate of drug-likeness (QED) is 0.428. The molecule has 2 aliphatic rings. The van der Waals surface area contributed by atoms with Crippen molar-refractivity contribution in [2.75, 3.05) is 27.2 Å². The van der Waals surface area contributed by atoms with Crippen molar-refractivity contribution in [3.63, 3.8) is 0 Å². The molecule has 2 aromatic heterocycles. The Labute approximate surface area is 237 Å². The van der Waals surface area contributed by atoms with E-state index in [1.165, 1.54) is 11.0 Å². The topological polar surface area (TPSA) is 59.8 Å². The maximum Gasteiger partial charge on any atom is 0.495 e. The van der Waals surface area contributed by atoms with Crippen molar-refractivity contribution < 1.29 is 18.5 Å². The summed E-state index contributed by atoms with van der Waals surface area (Å²) in [5.74, 6) is -0.537. The number of aromatic nitrogens is 2. The van der Waals surface area contributed by atoms with Gasteiger partial charge in [0.1, 0.15) is 11.5 Å². The van der Waals surface area contributed by atoms with E-state index in [0.717, 1.165) is 46.3 Å². The van der Waals surface area contributed by atoms with Crippen LogP contribution in [0.5, 0.6) is 0 Å². The number of amides is 1. The molecule has 1 saturated heterocycles. The van der Waals surface area contributed by atoms with Crippen molar-refractivity contribution >= 4 is 35.1 Å². The van der Waals surface area contributed by atoms with Crippen molar-refractivity contribution in [1.29, 1.82) is 0 Å². The van der Waals surface area contributed by atoms with Gasteiger partial charge in [-0.1, -0.05) is 6.08 Å². The van der Waals surface area contributed by atoms with Crippen molar-refractivity contribution in [2.24, 2.45) is 7.05 Å². The smallest absolute Gasteiger partial charge is 0.399 e. The molecule has 4 heterocycles. The fourth-order valence-electron chi connectivity index (χ4n) is 5.82. The van der Waals surface area contributed by atoms with E-state index in [1.54, 1.807) is 20.2 Å². The third kappa shape index (κ3) is 4.78. The fraction of sp³-hybridized carbons (Fsp3) is 0.484. The van der Waals surface area contributed by atoms with Crippen LogP contribution in [0.4, 0.5) is 4.39 Å². The molecule has 212 valence electrons. The van der Waals surface area contributed by atoms with Gasteiger partial charge < -0.3 is 18.8 Å². The van der Waals surface area contributed by atoms with Crippen LogP contribution < -0.4 is 5.46 Å². The standard InChI is InChI=1S/C31H40BFN4O3/c1-19-16-22(29(38)35(7)8)17-25(33)27(19)21-11-14-37(15-12-21)20(2)26-18-23-24(10-13-34-28(23)36(26)9)32-39-30(3,4)31(5,6)40-32/h10-11,13,16-18,20H,12,14-15H2,1-9H3. The summed E-state index contributed by atoms with van der Waals surface area (Å²) in [6, 6.07) is 7.46. The van der Waals surface area contributed by atoms with Crippen LogP contribution in [-0.4, -0.2) is 70.8 Å². The van der Waals surface area contributed by atoms with Gasteiger partial charge in [-0.2, -0.15) is 0 Å². The largest absolute Gasteiger partial charge is 0.495 e. The number of halogens is 1. The zero-order valence-electron chi connectivity index (χ0n) is 25.1. The second kappa shape index (κ2) is 10.1. The molecule has 40 heavy (non-hydrogen) atoms. The zero-order chi connectivity index (χ0) is 29.1. The molecule has 1 aromatic carbocycles. The van der Waals surface area contributed by atoms with E-state index in [2.05, 4.69) is 68.3 Å². The second-order valence-electron chi connectivity index (χ2n) is 12.4. The third-order valence-electron chi connectivity index (χ3n) is 8.99. The predicted octanol–water partition coefficient (Wildman–Crippen LogP) is 4.87. The number of carbonyl (C=O) groups is 1. The van der Waals surface area contributed by atoms with Crippen LogP contribution in [0.2, 0.25) is 0 Å². The molecule has 1 unspecified atom stereocenters. The van der Waals surface area contributed by atoms with Gasteiger partial charge in [0.2, 0.25) is 0 Å². The lowest BCUT2D eigenvalue weighted by atomic mass is 9.78. The van der Waals surface area contributed by atoms with E-state index < -0.39 is 18.3 Å². The molecule has 3 aromatic rings. The third-order valence-corrected chi connectivity index (χ3v) is 8.99. The molecule has 0 radical (unpaired) electrons. The van der Waals surface area contributed by atoms with Gasteiger partial charge in [-0.15, -0.1) is 0 Å². The number of benzene rings is 1. The Morgan fingerprint density at radius 3 is 2.40 bits per heavy atom. The van der Waals surface area contributed by atoms with Gasteiger partial charge in [0.05, 0.1) is 11.2 Å². The van der Waals surface area contributed by atoms with Gasteiger partial charge in [0.15, 0.2) is 0 Å². The van der Waals surface area contributed by atoms with Crippen LogP contribution in [0.15, 0.2) is 36.5 Å². The summed E-state index contributed by atoms with van der Waals surface area (Å²) < 4.78 is 30.1. The van der Waals surface area contributed by atoms with Gasteiger partial charge in [0.25, 0.3) is 5.91 Å². The average molecular weight is 546 g/mol. The lowest BCUT2D eigenvalue weighted by Gasteiger charge is -2.32. The first-order valence-corrected chi connectivity index (χ1v) is 14.0. The summed E-state index contributed by atoms with van der Waals surface area (Å²) >= 11 is 0. The molecule has 0 spiro atoms. The van der Waals surface area contributed by atoms with Crippen LogP contribution in [0.25, 0.3) is 16.6 Å². The van der Waals surface area contributed by atoms with Crippen molar-refractivity contribution in [2.45, 2.75) is 65.2 Å². The van der Waals surface area contributed by atoms with Crippen LogP contribution >= 0.6 is 0 Å². The summed E-state index contributed by atoms with van der Waals surface area (Å²) in [7, 11) is 4.94. The zero-order valence-corrected chi connectivity index (χ0v) is 25.1. The number of pyridine rings is 1. The number of hydrogen-bond acceptors (Lipinski definition) is 5. The summed E-state index contributed by atoms with van der Waals surface area (Å²) in [5, 5.41) is 1.03. The Morgan fingerprint density at radius 2 is 1.82 bits per heavy atom. The molecule has 1 atom stereocenters. The number of aryl methyl sites for hydroxylation is 2. The molecule has 5 rings (SSSR count). The number of fused-ring (bicyclic) bond motifs is 1. The van der Waals surface area contributed by atoms with E-state index in [1.807, 2.05) is 19.2 Å². The van der Waals surface area contributed by atoms with Gasteiger partial charge in [-0.05, 0) is 88.8 Å². The van der Waals surface area contributed by atoms with E-state index >= 15 is 4.39 Å². The summed E-state index contributed by atoms with van der Waals surface area (Å²) in [5.41, 5.74) is 4.96. The Bertz CT molecular complexity index is 1470. The van der Waals surface area contributed by atoms with Gasteiger partial charge in [-0.3, -0.25) is 9.69 Å². The van der Waals surface area contributed by atoms with Gasteiger partial charge >= 0.3 is 7.12 Å². The first-order chi connectivity index (χ1) is 18.7. The van der Waals surface area contributed by atoms with Gasteiger partial charge in [0, 0.05) is 68.7 Å². The van der Waals surface area contributed by atoms with Crippen molar-refractivity contribution in [3.05, 3.63) is 64.7 Å². The highest BCUT2D eigenvalue weighted by Crippen LogP contribution is 2.38. The Morgan fingerprint density at radius 1 is 1.15 bits per heavy atom. The first kappa shape index (κ1) is 28.5. The lowest BCUT2D eigenvalue weighted by molar-refractivity contribution is 0.00578. The Kier molecular flexibility index (Phi) is 7.22. The Balaban J connectivity index is 1.39. The SMILES string of the molecule is Cc1cc(C(=O)N(C)C)cc(F)c1C1=CCN(C(C)c2cc3c(B4OC(C)(C)C(C)(C)O4)ccnc3n2C)CC1. The first-order valence-electron chi connectivity index (χ1n) is 14.0. The average Bonchev–Trinajstić information content (AvgIpc) is 3.34. The molecule has 9 heteroatoms. The molecule has 0 bridgehead atoms. The minimum absolute atomic E-state index is 0.120. The minimum atomic E-state index is -0.459. The van der Waals surface area contributed by atoms with Crippen LogP contribution in [-0.2, 0) is 16.4 Å². The van der Waals surface area contributed by atoms with Gasteiger partial charge in [-0.25, -0.2) is 9.37 Å². The predicted molar refractivity (Wildman–Crippen MR) is 158 cm³/mol. The van der Waals surface area contributed by atoms with E-state index in [9.17, 15) is 4.79 Å². The van der Waals surface area contributed by atoms with Crippen LogP contribution in [0.1, 0.15) is 74.3 Å². The molecular formula is C31H40BFN4O3. The highest BCUT2D eigenvalue weighted by atomic mass is 19.1. The number of hydrogen-bond donors (Lipinski definition) is 0. The van der Waals surface area contributed by atoms with E-state index in [4.69, 9.17) is 9.31 Å². The highest BCUT2D eigenvalue weighted by Gasteiger charge is 2.52. The maximum atomic E-state index is 15.2. The Hall–Kier alpha value is -3.01. The summed E-state index contributed by atoms with van der Waals surface area (Å²) in [6.45, 7) is 13.8. The van der Waals surface area contributed by atoms with Crippen LogP contribution in [0, 0.1) is 12.7 Å². The molecule has 1 amide bonds. The molecule has 0 saturated carbocycles. The molecular weight excluding hydrogens is 506 g/mol. The molecule has 2 aliphatic heterocycles. The van der Waals surface area contributed by atoms with Crippen molar-refractivity contribution in [3.8, 4) is 0 Å². The molecule has 7 nitrogen and oxygen atoms in total. The fourth-order valence-corrected chi connectivity index (χ4v) is 5.82. The lowest BCUT2D eigenvalue weighted by Crippen LogP contribution is -2.41. The summed E-state index contributed by atoms with van der Waals surface area (Å²) in [6.07, 6.45) is 4.67. The monoisotopic (exact) mass is 546 g/mol. The highest BCUT2D eigenvalue weighted by molar-refractivity contribution is 6.65. The molecule has 0 aliphatic carbocycles. The molecule has 1 fully saturated rings. The maximum absolute atomic E-state index is 15.2. The molecule has 0 N–H and O–H groups in total. The van der Waals surface area contributed by atoms with E-state index in [-0.39, 0.29) is 17.8 Å². The number of nitrogens with zero attached hydrogens (tertiary/aromatic N) is 4. The van der Waals surface area contributed by atoms with Crippen LogP contribution in [0.3, 0.4) is 0 Å². The number of carbonyl (C=O) groups excluding carboxylic acids is 1. The number of rotatable bonds is 5. The summed E-state index contributed by atoms with van der Waals surface area (Å²) in [4.78, 5) is 20.9. The second-order valence-corrected chi connectivity index (χ2v) is 12.4. The minimum Gasteiger partial charge on any atom is -0.399 e. The van der Waals surface area contributed by atoms with E-state index in [0.29, 0.717) is 17.7 Å². The van der Waals surface area contributed by atoms with Crippen molar-refractivity contribution in [1.82, 2.24) is 19.4 Å².